The highest BCUT2D eigenvalue weighted by Gasteiger charge is 2.25. The van der Waals surface area contributed by atoms with Gasteiger partial charge in [0.2, 0.25) is 5.56 Å². The van der Waals surface area contributed by atoms with Crippen LogP contribution in [0.5, 0.6) is 5.75 Å². The predicted octanol–water partition coefficient (Wildman–Crippen LogP) is 2.76. The summed E-state index contributed by atoms with van der Waals surface area (Å²) in [6.07, 6.45) is 1.80. The van der Waals surface area contributed by atoms with E-state index >= 15 is 0 Å². The first kappa shape index (κ1) is 17.2. The zero-order valence-corrected chi connectivity index (χ0v) is 14.1. The van der Waals surface area contributed by atoms with Crippen LogP contribution < -0.4 is 10.3 Å². The van der Waals surface area contributed by atoms with Gasteiger partial charge in [-0.3, -0.25) is 9.59 Å². The average Bonchev–Trinajstić information content (AvgIpc) is 2.63. The minimum absolute atomic E-state index is 0.119. The summed E-state index contributed by atoms with van der Waals surface area (Å²) < 4.78 is 19.4. The van der Waals surface area contributed by atoms with Gasteiger partial charge in [0.05, 0.1) is 0 Å². The number of piperidine rings is 1. The number of hydrogen-bond acceptors (Lipinski definition) is 3. The van der Waals surface area contributed by atoms with E-state index in [4.69, 9.17) is 4.74 Å². The maximum Gasteiger partial charge on any atom is 0.254 e. The third-order valence-electron chi connectivity index (χ3n) is 4.39. The number of hydrogen-bond donors (Lipinski definition) is 1. The molecule has 1 aromatic carbocycles. The summed E-state index contributed by atoms with van der Waals surface area (Å²) in [4.78, 5) is 28.7. The molecule has 132 valence electrons. The number of halogens is 1. The number of aromatic amines is 1. The molecule has 1 aromatic heterocycles. The highest BCUT2D eigenvalue weighted by molar-refractivity contribution is 5.94. The van der Waals surface area contributed by atoms with E-state index < -0.39 is 0 Å². The number of rotatable bonds is 4. The van der Waals surface area contributed by atoms with Crippen LogP contribution in [-0.2, 0) is 6.42 Å². The molecule has 0 unspecified atom stereocenters. The van der Waals surface area contributed by atoms with Crippen molar-refractivity contribution < 1.29 is 13.9 Å². The van der Waals surface area contributed by atoms with Crippen LogP contribution in [0.3, 0.4) is 0 Å². The van der Waals surface area contributed by atoms with Gasteiger partial charge in [-0.2, -0.15) is 0 Å². The molecule has 0 radical (unpaired) electrons. The van der Waals surface area contributed by atoms with E-state index in [0.717, 1.165) is 5.69 Å². The number of pyridine rings is 1. The third-order valence-corrected chi connectivity index (χ3v) is 4.39. The van der Waals surface area contributed by atoms with Gasteiger partial charge in [-0.05, 0) is 24.6 Å². The Balaban J connectivity index is 1.62. The lowest BCUT2D eigenvalue weighted by atomic mass is 10.1. The Morgan fingerprint density at radius 3 is 2.68 bits per heavy atom. The summed E-state index contributed by atoms with van der Waals surface area (Å²) in [6.45, 7) is 2.96. The van der Waals surface area contributed by atoms with Gasteiger partial charge in [-0.15, -0.1) is 0 Å². The van der Waals surface area contributed by atoms with Crippen molar-refractivity contribution in [1.29, 1.82) is 0 Å². The molecule has 0 saturated carbocycles. The van der Waals surface area contributed by atoms with Gasteiger partial charge in [0.25, 0.3) is 5.91 Å². The molecule has 1 amide bonds. The number of amides is 1. The molecule has 1 saturated heterocycles. The van der Waals surface area contributed by atoms with Gasteiger partial charge in [0, 0.05) is 43.3 Å². The number of carbonyl (C=O) groups excluding carboxylic acids is 1. The van der Waals surface area contributed by atoms with Crippen LogP contribution in [0, 0.1) is 5.82 Å². The second kappa shape index (κ2) is 7.51. The van der Waals surface area contributed by atoms with Gasteiger partial charge < -0.3 is 14.6 Å². The van der Waals surface area contributed by atoms with E-state index in [2.05, 4.69) is 4.98 Å². The summed E-state index contributed by atoms with van der Waals surface area (Å²) in [7, 11) is 0. The minimum atomic E-state index is -0.378. The largest absolute Gasteiger partial charge is 0.487 e. The molecule has 1 aliphatic heterocycles. The predicted molar refractivity (Wildman–Crippen MR) is 92.4 cm³/mol. The second-order valence-corrected chi connectivity index (χ2v) is 6.15. The quantitative estimate of drug-likeness (QED) is 0.928. The molecular weight excluding hydrogens is 323 g/mol. The maximum absolute atomic E-state index is 13.7. The molecule has 1 fully saturated rings. The van der Waals surface area contributed by atoms with Gasteiger partial charge in [-0.25, -0.2) is 4.39 Å². The maximum atomic E-state index is 13.7. The molecule has 1 N–H and O–H groups in total. The third kappa shape index (κ3) is 4.07. The lowest BCUT2D eigenvalue weighted by Crippen LogP contribution is -2.42. The summed E-state index contributed by atoms with van der Waals surface area (Å²) >= 11 is 0. The van der Waals surface area contributed by atoms with Crippen LogP contribution >= 0.6 is 0 Å². The van der Waals surface area contributed by atoms with Crippen molar-refractivity contribution in [3.05, 3.63) is 63.8 Å². The van der Waals surface area contributed by atoms with Gasteiger partial charge >= 0.3 is 0 Å². The monoisotopic (exact) mass is 344 g/mol. The number of nitrogens with zero attached hydrogens (tertiary/aromatic N) is 1. The molecule has 3 rings (SSSR count). The van der Waals surface area contributed by atoms with Crippen LogP contribution in [0.4, 0.5) is 4.39 Å². The number of carbonyl (C=O) groups is 1. The fourth-order valence-electron chi connectivity index (χ4n) is 2.99. The molecule has 1 aliphatic rings. The fraction of sp³-hybridized carbons (Fsp3) is 0.368. The lowest BCUT2D eigenvalue weighted by Gasteiger charge is -2.32. The van der Waals surface area contributed by atoms with E-state index in [9.17, 15) is 14.0 Å². The molecular formula is C19H21FN2O3. The minimum Gasteiger partial charge on any atom is -0.487 e. The number of aryl methyl sites for hydroxylation is 1. The van der Waals surface area contributed by atoms with Crippen molar-refractivity contribution in [1.82, 2.24) is 9.88 Å². The Bertz CT molecular complexity index is 810. The van der Waals surface area contributed by atoms with Crippen LogP contribution in [0.2, 0.25) is 0 Å². The van der Waals surface area contributed by atoms with Crippen molar-refractivity contribution in [3.8, 4) is 5.75 Å². The smallest absolute Gasteiger partial charge is 0.254 e. The Kier molecular flexibility index (Phi) is 5.16. The molecule has 0 spiro atoms. The number of likely N-dealkylation sites (tertiary alicyclic amines) is 1. The van der Waals surface area contributed by atoms with Crippen molar-refractivity contribution in [2.24, 2.45) is 0 Å². The van der Waals surface area contributed by atoms with Gasteiger partial charge in [0.1, 0.15) is 6.10 Å². The van der Waals surface area contributed by atoms with Gasteiger partial charge in [0.15, 0.2) is 11.6 Å². The first-order valence-corrected chi connectivity index (χ1v) is 8.50. The van der Waals surface area contributed by atoms with E-state index in [1.165, 1.54) is 12.1 Å². The Labute approximate surface area is 145 Å². The van der Waals surface area contributed by atoms with Crippen LogP contribution in [-0.4, -0.2) is 35.0 Å². The van der Waals surface area contributed by atoms with E-state index in [-0.39, 0.29) is 29.1 Å². The zero-order chi connectivity index (χ0) is 17.8. The SMILES string of the molecule is CCc1cc(C(=O)N2CCC(Oc3ccccc3F)CC2)cc(=O)[nH]1. The highest BCUT2D eigenvalue weighted by atomic mass is 19.1. The number of para-hydroxylation sites is 1. The molecule has 2 aromatic rings. The second-order valence-electron chi connectivity index (χ2n) is 6.15. The van der Waals surface area contributed by atoms with Crippen molar-refractivity contribution in [3.63, 3.8) is 0 Å². The van der Waals surface area contributed by atoms with Gasteiger partial charge in [-0.1, -0.05) is 19.1 Å². The number of nitrogens with one attached hydrogen (secondary N) is 1. The molecule has 0 bridgehead atoms. The summed E-state index contributed by atoms with van der Waals surface area (Å²) in [5, 5.41) is 0. The van der Waals surface area contributed by atoms with E-state index in [1.54, 1.807) is 29.2 Å². The normalized spacial score (nSPS) is 15.2. The fourth-order valence-corrected chi connectivity index (χ4v) is 2.99. The topological polar surface area (TPSA) is 62.4 Å². The summed E-state index contributed by atoms with van der Waals surface area (Å²) in [5.74, 6) is -0.281. The van der Waals surface area contributed by atoms with Crippen LogP contribution in [0.15, 0.2) is 41.2 Å². The summed E-state index contributed by atoms with van der Waals surface area (Å²) in [6, 6.07) is 9.39. The van der Waals surface area contributed by atoms with E-state index in [0.29, 0.717) is 37.9 Å². The number of H-pyrrole nitrogens is 1. The van der Waals surface area contributed by atoms with Crippen molar-refractivity contribution in [2.75, 3.05) is 13.1 Å². The van der Waals surface area contributed by atoms with Crippen LogP contribution in [0.1, 0.15) is 35.8 Å². The number of benzene rings is 1. The van der Waals surface area contributed by atoms with Crippen LogP contribution in [0.25, 0.3) is 0 Å². The Morgan fingerprint density at radius 1 is 1.28 bits per heavy atom. The molecule has 0 atom stereocenters. The van der Waals surface area contributed by atoms with Crippen molar-refractivity contribution in [2.45, 2.75) is 32.3 Å². The van der Waals surface area contributed by atoms with E-state index in [1.807, 2.05) is 6.92 Å². The number of aromatic nitrogens is 1. The average molecular weight is 344 g/mol. The first-order chi connectivity index (χ1) is 12.1. The molecule has 2 heterocycles. The highest BCUT2D eigenvalue weighted by Crippen LogP contribution is 2.22. The molecule has 6 heteroatoms. The Hall–Kier alpha value is -2.63. The molecule has 5 nitrogen and oxygen atoms in total. The zero-order valence-electron chi connectivity index (χ0n) is 14.1. The lowest BCUT2D eigenvalue weighted by molar-refractivity contribution is 0.0588. The Morgan fingerprint density at radius 2 is 2.00 bits per heavy atom. The molecule has 25 heavy (non-hydrogen) atoms. The molecule has 0 aliphatic carbocycles. The first-order valence-electron chi connectivity index (χ1n) is 8.50. The van der Waals surface area contributed by atoms with Crippen molar-refractivity contribution >= 4 is 5.91 Å². The summed E-state index contributed by atoms with van der Waals surface area (Å²) in [5.41, 5.74) is 0.892. The standard InChI is InChI=1S/C19H21FN2O3/c1-2-14-11-13(12-18(23)21-14)19(24)22-9-7-15(8-10-22)25-17-6-4-3-5-16(17)20/h3-6,11-12,15H,2,7-10H2,1H3,(H,21,23). The number of ether oxygens (including phenoxy) is 1.